The number of aliphatic imine (C=N–C) groups is 1. The van der Waals surface area contributed by atoms with Crippen molar-refractivity contribution in [1.29, 1.82) is 0 Å². The average Bonchev–Trinajstić information content (AvgIpc) is 2.77. The van der Waals surface area contributed by atoms with Gasteiger partial charge in [-0.05, 0) is 51.4 Å². The molecule has 3 rings (SSSR count). The second-order valence-electron chi connectivity index (χ2n) is 7.98. The van der Waals surface area contributed by atoms with Crippen LogP contribution in [0.15, 0.2) is 4.99 Å². The minimum Gasteiger partial charge on any atom is -0.446 e. The Kier molecular flexibility index (Phi) is 8.64. The summed E-state index contributed by atoms with van der Waals surface area (Å²) < 4.78 is 10.7. The Bertz CT molecular complexity index is 914. The van der Waals surface area contributed by atoms with Gasteiger partial charge in [0, 0.05) is 0 Å². The number of anilines is 2. The van der Waals surface area contributed by atoms with Crippen LogP contribution >= 0.6 is 11.6 Å². The van der Waals surface area contributed by atoms with E-state index in [1.165, 1.54) is 0 Å². The topological polar surface area (TPSA) is 184 Å². The van der Waals surface area contributed by atoms with E-state index in [0.29, 0.717) is 0 Å². The van der Waals surface area contributed by atoms with Crippen LogP contribution in [-0.2, 0) is 9.47 Å². The number of alkyl carbamates (subject to hydrolysis) is 1. The number of hydrogen-bond acceptors (Lipinski definition) is 9. The molecule has 13 heteroatoms. The van der Waals surface area contributed by atoms with Gasteiger partial charge < -0.3 is 20.9 Å². The third kappa shape index (κ3) is 7.45. The molecule has 0 radical (unpaired) electrons. The highest BCUT2D eigenvalue weighted by atomic mass is 35.5. The van der Waals surface area contributed by atoms with Crippen LogP contribution in [-0.4, -0.2) is 46.2 Å². The van der Waals surface area contributed by atoms with Crippen LogP contribution in [0.1, 0.15) is 74.7 Å². The number of hydrogen-bond donors (Lipinski definition) is 4. The van der Waals surface area contributed by atoms with Crippen molar-refractivity contribution in [2.24, 2.45) is 4.99 Å². The normalized spacial score (nSPS) is 17.8. The molecule has 0 bridgehead atoms. The Morgan fingerprint density at radius 1 is 0.848 bits per heavy atom. The Balaban J connectivity index is 1.72. The molecule has 2 fully saturated rings. The number of amides is 3. The van der Waals surface area contributed by atoms with Crippen LogP contribution in [0.2, 0.25) is 5.15 Å². The van der Waals surface area contributed by atoms with Crippen molar-refractivity contribution < 1.29 is 23.9 Å². The van der Waals surface area contributed by atoms with E-state index >= 15 is 0 Å². The second-order valence-corrected chi connectivity index (χ2v) is 8.34. The van der Waals surface area contributed by atoms with E-state index < -0.39 is 24.1 Å². The summed E-state index contributed by atoms with van der Waals surface area (Å²) in [5.74, 6) is -1.84. The van der Waals surface area contributed by atoms with Gasteiger partial charge >= 0.3 is 12.2 Å². The lowest BCUT2D eigenvalue weighted by molar-refractivity contribution is 0.0786. The standard InChI is InChI=1S/C20H28ClN7O5/c21-14-16(23)25-15(22)13(24-14)17(29)26-18(27-19(30)32-11-7-3-1-4-8-11)28-20(31)33-12-9-5-2-6-10-12/h11-12H,1-10H2,(H4,22,23,25)(H2,26,27,28,29,30,31). The van der Waals surface area contributed by atoms with Gasteiger partial charge in [0.15, 0.2) is 22.5 Å². The van der Waals surface area contributed by atoms with E-state index in [9.17, 15) is 14.4 Å². The van der Waals surface area contributed by atoms with Gasteiger partial charge in [0.05, 0.1) is 0 Å². The number of nitrogens with two attached hydrogens (primary N) is 2. The number of halogens is 1. The number of nitrogens with zero attached hydrogens (tertiary/aromatic N) is 3. The molecule has 1 heterocycles. The van der Waals surface area contributed by atoms with Crippen LogP contribution in [0.3, 0.4) is 0 Å². The summed E-state index contributed by atoms with van der Waals surface area (Å²) in [5, 5.41) is 4.33. The predicted octanol–water partition coefficient (Wildman–Crippen LogP) is 2.91. The van der Waals surface area contributed by atoms with Gasteiger partial charge in [-0.3, -0.25) is 15.4 Å². The molecule has 0 aliphatic heterocycles. The summed E-state index contributed by atoms with van der Waals surface area (Å²) in [4.78, 5) is 48.6. The first kappa shape index (κ1) is 24.5. The first-order valence-corrected chi connectivity index (χ1v) is 11.4. The molecule has 0 spiro atoms. The maximum Gasteiger partial charge on any atom is 0.437 e. The van der Waals surface area contributed by atoms with E-state index in [-0.39, 0.29) is 34.7 Å². The Labute approximate surface area is 195 Å². The molecule has 12 nitrogen and oxygen atoms in total. The second kappa shape index (κ2) is 11.6. The van der Waals surface area contributed by atoms with Crippen molar-refractivity contribution >= 4 is 47.3 Å². The molecule has 1 aromatic rings. The fourth-order valence-corrected chi connectivity index (χ4v) is 3.89. The molecule has 0 atom stereocenters. The van der Waals surface area contributed by atoms with Crippen molar-refractivity contribution in [3.8, 4) is 0 Å². The van der Waals surface area contributed by atoms with Crippen LogP contribution in [0.25, 0.3) is 0 Å². The number of nitrogen functional groups attached to an aromatic ring is 2. The maximum atomic E-state index is 12.7. The molecule has 2 aliphatic rings. The van der Waals surface area contributed by atoms with Gasteiger partial charge in [-0.25, -0.2) is 19.6 Å². The number of guanidine groups is 1. The van der Waals surface area contributed by atoms with Gasteiger partial charge in [0.2, 0.25) is 5.96 Å². The largest absolute Gasteiger partial charge is 0.446 e. The number of aromatic nitrogens is 2. The lowest BCUT2D eigenvalue weighted by atomic mass is 9.98. The van der Waals surface area contributed by atoms with Crippen molar-refractivity contribution in [1.82, 2.24) is 20.6 Å². The van der Waals surface area contributed by atoms with Crippen molar-refractivity contribution in [2.75, 3.05) is 11.5 Å². The summed E-state index contributed by atoms with van der Waals surface area (Å²) >= 11 is 5.82. The van der Waals surface area contributed by atoms with Crippen LogP contribution in [0.5, 0.6) is 0 Å². The molecular formula is C20H28ClN7O5. The van der Waals surface area contributed by atoms with E-state index in [0.717, 1.165) is 64.2 Å². The van der Waals surface area contributed by atoms with E-state index in [1.54, 1.807) is 0 Å². The minimum absolute atomic E-state index is 0.148. The molecule has 1 aromatic heterocycles. The molecular weight excluding hydrogens is 454 g/mol. The highest BCUT2D eigenvalue weighted by Crippen LogP contribution is 2.21. The number of nitrogens with one attached hydrogen (secondary N) is 2. The van der Waals surface area contributed by atoms with Gasteiger partial charge in [0.1, 0.15) is 12.2 Å². The lowest BCUT2D eigenvalue weighted by Crippen LogP contribution is -2.46. The van der Waals surface area contributed by atoms with E-state index in [1.807, 2.05) is 0 Å². The predicted molar refractivity (Wildman–Crippen MR) is 121 cm³/mol. The molecule has 6 N–H and O–H groups in total. The minimum atomic E-state index is -0.954. The van der Waals surface area contributed by atoms with Crippen molar-refractivity contribution in [3.63, 3.8) is 0 Å². The Morgan fingerprint density at radius 3 is 2.03 bits per heavy atom. The highest BCUT2D eigenvalue weighted by Gasteiger charge is 2.23. The van der Waals surface area contributed by atoms with Crippen molar-refractivity contribution in [2.45, 2.75) is 76.4 Å². The third-order valence-corrected chi connectivity index (χ3v) is 5.70. The zero-order valence-electron chi connectivity index (χ0n) is 18.1. The van der Waals surface area contributed by atoms with Crippen LogP contribution in [0, 0.1) is 0 Å². The fourth-order valence-electron chi connectivity index (χ4n) is 3.77. The van der Waals surface area contributed by atoms with E-state index in [4.69, 9.17) is 32.5 Å². The Morgan fingerprint density at radius 2 is 1.42 bits per heavy atom. The maximum absolute atomic E-state index is 12.7. The zero-order chi connectivity index (χ0) is 23.8. The van der Waals surface area contributed by atoms with Gasteiger partial charge in [0.25, 0.3) is 5.91 Å². The highest BCUT2D eigenvalue weighted by molar-refractivity contribution is 6.31. The molecule has 180 valence electrons. The van der Waals surface area contributed by atoms with Crippen molar-refractivity contribution in [3.05, 3.63) is 10.8 Å². The number of carbonyl (C=O) groups excluding carboxylic acids is 3. The monoisotopic (exact) mass is 481 g/mol. The van der Waals surface area contributed by atoms with Crippen LogP contribution in [0.4, 0.5) is 21.2 Å². The summed E-state index contributed by atoms with van der Waals surface area (Å²) in [6, 6.07) is 0. The first-order valence-electron chi connectivity index (χ1n) is 11.0. The fraction of sp³-hybridized carbons (Fsp3) is 0.600. The van der Waals surface area contributed by atoms with Gasteiger partial charge in [-0.1, -0.05) is 24.4 Å². The molecule has 2 saturated carbocycles. The van der Waals surface area contributed by atoms with Gasteiger partial charge in [-0.2, -0.15) is 0 Å². The third-order valence-electron chi connectivity index (χ3n) is 5.42. The summed E-state index contributed by atoms with van der Waals surface area (Å²) in [6.45, 7) is 0. The smallest absolute Gasteiger partial charge is 0.437 e. The molecule has 3 amide bonds. The Hall–Kier alpha value is -3.15. The molecule has 0 saturated heterocycles. The number of carbonyl (C=O) groups is 3. The number of ether oxygens (including phenoxy) is 2. The molecule has 2 aliphatic carbocycles. The quantitative estimate of drug-likeness (QED) is 0.372. The first-order chi connectivity index (χ1) is 15.8. The molecule has 0 aromatic carbocycles. The SMILES string of the molecule is Nc1nc(N)c(C(=O)N/C(=N/C(=O)OC2CCCCC2)NC(=O)OC2CCCCC2)nc1Cl. The summed E-state index contributed by atoms with van der Waals surface area (Å²) in [7, 11) is 0. The summed E-state index contributed by atoms with van der Waals surface area (Å²) in [6.07, 6.45) is 6.61. The average molecular weight is 482 g/mol. The molecule has 0 unspecified atom stereocenters. The van der Waals surface area contributed by atoms with E-state index in [2.05, 4.69) is 25.6 Å². The van der Waals surface area contributed by atoms with Crippen LogP contribution < -0.4 is 22.1 Å². The lowest BCUT2D eigenvalue weighted by Gasteiger charge is -2.22. The van der Waals surface area contributed by atoms with Gasteiger partial charge in [-0.15, -0.1) is 4.99 Å². The number of rotatable bonds is 3. The zero-order valence-corrected chi connectivity index (χ0v) is 18.9. The summed E-state index contributed by atoms with van der Waals surface area (Å²) in [5.41, 5.74) is 10.9. The molecule has 33 heavy (non-hydrogen) atoms.